The smallest absolute Gasteiger partial charge is 0.292 e. The lowest BCUT2D eigenvalue weighted by molar-refractivity contribution is -0.120. The first kappa shape index (κ1) is 14.6. The van der Waals surface area contributed by atoms with Gasteiger partial charge in [0.25, 0.3) is 5.56 Å². The van der Waals surface area contributed by atoms with E-state index in [4.69, 9.17) is 5.73 Å². The molecule has 1 aliphatic heterocycles. The van der Waals surface area contributed by atoms with E-state index in [0.717, 1.165) is 6.42 Å². The van der Waals surface area contributed by atoms with Crippen LogP contribution in [0.4, 0.5) is 11.5 Å². The molecule has 20 heavy (non-hydrogen) atoms. The predicted octanol–water partition coefficient (Wildman–Crippen LogP) is -0.0613. The van der Waals surface area contributed by atoms with Crippen LogP contribution in [0.3, 0.4) is 0 Å². The van der Waals surface area contributed by atoms with E-state index in [1.807, 2.05) is 32.8 Å². The Kier molecular flexibility index (Phi) is 3.89. The molecule has 0 spiro atoms. The van der Waals surface area contributed by atoms with Crippen molar-refractivity contribution in [3.8, 4) is 0 Å². The molecule has 1 unspecified atom stereocenters. The number of likely N-dealkylation sites (N-methyl/N-ethyl adjacent to an activating group) is 1. The zero-order valence-electron chi connectivity index (χ0n) is 12.6. The Morgan fingerprint density at radius 1 is 1.20 bits per heavy atom. The molecular weight excluding hydrogens is 258 g/mol. The molecule has 1 aliphatic rings. The fourth-order valence-electron chi connectivity index (χ4n) is 2.87. The molecular formula is C13H23N5O2. The van der Waals surface area contributed by atoms with Crippen LogP contribution in [0.1, 0.15) is 20.3 Å². The fraction of sp³-hybridized carbons (Fsp3) is 0.692. The maximum atomic E-state index is 12.5. The zero-order valence-corrected chi connectivity index (χ0v) is 12.6. The molecule has 1 saturated heterocycles. The third kappa shape index (κ3) is 2.02. The Balaban J connectivity index is 2.49. The Morgan fingerprint density at radius 2 is 1.80 bits per heavy atom. The zero-order chi connectivity index (χ0) is 15.0. The number of nitrogen functional groups attached to an aromatic ring is 1. The lowest BCUT2D eigenvalue weighted by atomic mass is 10.2. The van der Waals surface area contributed by atoms with Crippen LogP contribution in [-0.4, -0.2) is 46.9 Å². The summed E-state index contributed by atoms with van der Waals surface area (Å²) in [5.41, 5.74) is 5.91. The molecule has 0 radical (unpaired) electrons. The second-order valence-corrected chi connectivity index (χ2v) is 5.23. The van der Waals surface area contributed by atoms with Crippen LogP contribution in [0.2, 0.25) is 0 Å². The number of nitrogens with zero attached hydrogens (tertiary/aromatic N) is 4. The number of anilines is 2. The van der Waals surface area contributed by atoms with Crippen molar-refractivity contribution in [2.24, 2.45) is 0 Å². The summed E-state index contributed by atoms with van der Waals surface area (Å²) < 4.78 is 3.38. The summed E-state index contributed by atoms with van der Waals surface area (Å²) >= 11 is 0. The molecule has 1 amide bonds. The average molecular weight is 281 g/mol. The third-order valence-corrected chi connectivity index (χ3v) is 3.90. The van der Waals surface area contributed by atoms with Gasteiger partial charge in [-0.3, -0.25) is 24.1 Å². The van der Waals surface area contributed by atoms with Crippen molar-refractivity contribution in [1.29, 1.82) is 0 Å². The van der Waals surface area contributed by atoms with E-state index in [0.29, 0.717) is 25.5 Å². The normalized spacial score (nSPS) is 19.4. The SMILES string of the molecule is CCn1c(N2CCC(N(C)C)C2=O)c(N)c(=O)n1CC. The predicted molar refractivity (Wildman–Crippen MR) is 78.9 cm³/mol. The van der Waals surface area contributed by atoms with Crippen LogP contribution in [0, 0.1) is 0 Å². The van der Waals surface area contributed by atoms with Gasteiger partial charge >= 0.3 is 0 Å². The van der Waals surface area contributed by atoms with Crippen molar-refractivity contribution in [2.45, 2.75) is 39.4 Å². The van der Waals surface area contributed by atoms with Gasteiger partial charge in [-0.05, 0) is 34.4 Å². The van der Waals surface area contributed by atoms with E-state index >= 15 is 0 Å². The van der Waals surface area contributed by atoms with E-state index in [2.05, 4.69) is 0 Å². The van der Waals surface area contributed by atoms with Gasteiger partial charge in [0, 0.05) is 19.6 Å². The minimum Gasteiger partial charge on any atom is -0.391 e. The highest BCUT2D eigenvalue weighted by Crippen LogP contribution is 2.27. The summed E-state index contributed by atoms with van der Waals surface area (Å²) in [6.07, 6.45) is 0.750. The summed E-state index contributed by atoms with van der Waals surface area (Å²) in [4.78, 5) is 28.2. The quantitative estimate of drug-likeness (QED) is 0.839. The minimum absolute atomic E-state index is 0.0113. The Hall–Kier alpha value is -1.76. The second kappa shape index (κ2) is 5.32. The number of nitrogens with two attached hydrogens (primary N) is 1. The number of hydrogen-bond donors (Lipinski definition) is 1. The third-order valence-electron chi connectivity index (χ3n) is 3.90. The summed E-state index contributed by atoms with van der Waals surface area (Å²) in [7, 11) is 3.78. The molecule has 2 heterocycles. The number of amides is 1. The molecule has 2 rings (SSSR count). The van der Waals surface area contributed by atoms with Gasteiger partial charge in [0.15, 0.2) is 5.82 Å². The largest absolute Gasteiger partial charge is 0.391 e. The van der Waals surface area contributed by atoms with E-state index < -0.39 is 0 Å². The molecule has 0 bridgehead atoms. The van der Waals surface area contributed by atoms with Crippen LogP contribution >= 0.6 is 0 Å². The molecule has 2 N–H and O–H groups in total. The first-order valence-electron chi connectivity index (χ1n) is 7.00. The highest BCUT2D eigenvalue weighted by Gasteiger charge is 2.37. The summed E-state index contributed by atoms with van der Waals surface area (Å²) in [6, 6.07) is -0.139. The van der Waals surface area contributed by atoms with Crippen LogP contribution in [0.5, 0.6) is 0 Å². The van der Waals surface area contributed by atoms with Crippen molar-refractivity contribution in [2.75, 3.05) is 31.3 Å². The first-order valence-corrected chi connectivity index (χ1v) is 7.00. The van der Waals surface area contributed by atoms with Gasteiger partial charge in [-0.2, -0.15) is 0 Å². The number of hydrogen-bond acceptors (Lipinski definition) is 4. The lowest BCUT2D eigenvalue weighted by Gasteiger charge is -2.22. The molecule has 1 fully saturated rings. The van der Waals surface area contributed by atoms with Crippen molar-refractivity contribution < 1.29 is 4.79 Å². The molecule has 1 aromatic rings. The van der Waals surface area contributed by atoms with E-state index in [1.54, 1.807) is 14.3 Å². The Morgan fingerprint density at radius 3 is 2.25 bits per heavy atom. The molecule has 0 saturated carbocycles. The maximum Gasteiger partial charge on any atom is 0.292 e. The molecule has 0 aliphatic carbocycles. The number of carbonyl (C=O) groups excluding carboxylic acids is 1. The van der Waals surface area contributed by atoms with Crippen molar-refractivity contribution in [3.05, 3.63) is 10.4 Å². The lowest BCUT2D eigenvalue weighted by Crippen LogP contribution is -2.38. The summed E-state index contributed by atoms with van der Waals surface area (Å²) in [5.74, 6) is 0.561. The van der Waals surface area contributed by atoms with E-state index in [-0.39, 0.29) is 23.2 Å². The molecule has 7 nitrogen and oxygen atoms in total. The van der Waals surface area contributed by atoms with Crippen LogP contribution in [-0.2, 0) is 17.9 Å². The summed E-state index contributed by atoms with van der Waals surface area (Å²) in [6.45, 7) is 5.57. The number of aromatic nitrogens is 2. The highest BCUT2D eigenvalue weighted by atomic mass is 16.2. The van der Waals surface area contributed by atoms with Gasteiger partial charge in [0.05, 0.1) is 6.04 Å². The fourth-order valence-corrected chi connectivity index (χ4v) is 2.87. The molecule has 1 aromatic heterocycles. The van der Waals surface area contributed by atoms with Crippen LogP contribution in [0.15, 0.2) is 4.79 Å². The van der Waals surface area contributed by atoms with Crippen LogP contribution < -0.4 is 16.2 Å². The standard InChI is InChI=1S/C13H23N5O2/c1-5-17-11(10(14)13(20)18(17)6-2)16-8-7-9(12(16)19)15(3)4/h9H,5-8,14H2,1-4H3. The van der Waals surface area contributed by atoms with Gasteiger partial charge in [0.2, 0.25) is 5.91 Å². The van der Waals surface area contributed by atoms with E-state index in [1.165, 1.54) is 0 Å². The van der Waals surface area contributed by atoms with Crippen molar-refractivity contribution in [3.63, 3.8) is 0 Å². The van der Waals surface area contributed by atoms with Crippen LogP contribution in [0.25, 0.3) is 0 Å². The Bertz CT molecular complexity index is 572. The Labute approximate surface area is 118 Å². The first-order chi connectivity index (χ1) is 9.43. The van der Waals surface area contributed by atoms with E-state index in [9.17, 15) is 9.59 Å². The molecule has 1 atom stereocenters. The molecule has 0 aromatic carbocycles. The van der Waals surface area contributed by atoms with Crippen molar-refractivity contribution in [1.82, 2.24) is 14.3 Å². The second-order valence-electron chi connectivity index (χ2n) is 5.23. The van der Waals surface area contributed by atoms with Gasteiger partial charge in [-0.25, -0.2) is 4.68 Å². The van der Waals surface area contributed by atoms with Crippen molar-refractivity contribution >= 4 is 17.4 Å². The molecule has 112 valence electrons. The maximum absolute atomic E-state index is 12.5. The number of rotatable bonds is 4. The molecule has 7 heteroatoms. The monoisotopic (exact) mass is 281 g/mol. The van der Waals surface area contributed by atoms with Gasteiger partial charge in [0.1, 0.15) is 5.69 Å². The topological polar surface area (TPSA) is 76.5 Å². The van der Waals surface area contributed by atoms with Gasteiger partial charge in [-0.1, -0.05) is 0 Å². The summed E-state index contributed by atoms with van der Waals surface area (Å²) in [5, 5.41) is 0. The number of carbonyl (C=O) groups is 1. The van der Waals surface area contributed by atoms with Gasteiger partial charge in [-0.15, -0.1) is 0 Å². The average Bonchev–Trinajstić information content (AvgIpc) is 2.89. The highest BCUT2D eigenvalue weighted by molar-refractivity contribution is 6.00. The minimum atomic E-state index is -0.217. The van der Waals surface area contributed by atoms with Gasteiger partial charge < -0.3 is 5.73 Å².